The molecule has 0 radical (unpaired) electrons. The van der Waals surface area contributed by atoms with Gasteiger partial charge in [-0.3, -0.25) is 20.2 Å². The summed E-state index contributed by atoms with van der Waals surface area (Å²) < 4.78 is 97.1. The molecule has 9 N–H and O–H groups in total. The largest absolute Gasteiger partial charge is 0.508 e. The number of aliphatic hydroxyl groups is 2. The molecule has 0 bridgehead atoms. The fourth-order valence-corrected chi connectivity index (χ4v) is 5.05. The van der Waals surface area contributed by atoms with Gasteiger partial charge < -0.3 is 60.2 Å². The Kier molecular flexibility index (Phi) is 29.2. The molecule has 358 valence electrons. The van der Waals surface area contributed by atoms with Crippen LogP contribution in [0, 0.1) is 36.0 Å². The number of hydrogen-bond acceptors (Lipinski definition) is 17. The van der Waals surface area contributed by atoms with E-state index in [2.05, 4.69) is 25.5 Å². The third-order valence-corrected chi connectivity index (χ3v) is 8.43. The van der Waals surface area contributed by atoms with Gasteiger partial charge in [-0.1, -0.05) is 5.23 Å². The van der Waals surface area contributed by atoms with Crippen molar-refractivity contribution >= 4 is 43.1 Å². The molecule has 1 aliphatic heterocycles. The van der Waals surface area contributed by atoms with E-state index in [-0.39, 0.29) is 82.8 Å². The number of rotatable bonds is 26. The summed E-state index contributed by atoms with van der Waals surface area (Å²) in [4.78, 5) is 27.9. The number of hydrogen-bond donors (Lipinski definition) is 8. The molecule has 3 rings (SSSR count). The van der Waals surface area contributed by atoms with Crippen LogP contribution in [0.2, 0.25) is 0 Å². The molecule has 1 saturated heterocycles. The Morgan fingerprint density at radius 3 is 2.03 bits per heavy atom. The van der Waals surface area contributed by atoms with Crippen LogP contribution in [0.5, 0.6) is 11.5 Å². The first-order valence-electron chi connectivity index (χ1n) is 19.4. The number of phenolic OH excluding ortho intramolecular Hbond substituents is 1. The van der Waals surface area contributed by atoms with Gasteiger partial charge in [-0.05, 0) is 56.4 Å². The number of halogens is 5. The molecule has 0 aromatic heterocycles. The lowest BCUT2D eigenvalue weighted by Gasteiger charge is -2.30. The van der Waals surface area contributed by atoms with E-state index < -0.39 is 59.4 Å². The number of nitrogens with two attached hydrogens (primary N) is 1. The van der Waals surface area contributed by atoms with Gasteiger partial charge >= 0.3 is 12.0 Å². The van der Waals surface area contributed by atoms with Gasteiger partial charge in [0.05, 0.1) is 96.9 Å². The fourth-order valence-electron chi connectivity index (χ4n) is 5.05. The maximum Gasteiger partial charge on any atom is 0.319 e. The van der Waals surface area contributed by atoms with Crippen molar-refractivity contribution < 1.29 is 85.7 Å². The minimum absolute atomic E-state index is 0. The number of aliphatic hydroxyl groups excluding tert-OH is 2. The van der Waals surface area contributed by atoms with E-state index in [1.54, 1.807) is 25.3 Å². The monoisotopic (exact) mass is 932 g/mol. The number of urea groups is 1. The van der Waals surface area contributed by atoms with Crippen LogP contribution in [-0.4, -0.2) is 152 Å². The number of phenols is 1. The highest BCUT2D eigenvalue weighted by Gasteiger charge is 2.29. The highest BCUT2D eigenvalue weighted by molar-refractivity contribution is 7.59. The maximum atomic E-state index is 13.5. The molecule has 2 aromatic carbocycles. The van der Waals surface area contributed by atoms with Crippen LogP contribution >= 0.6 is 13.5 Å². The topological polar surface area (TPSA) is 269 Å². The van der Waals surface area contributed by atoms with Crippen LogP contribution in [0.15, 0.2) is 28.3 Å². The Bertz CT molecular complexity index is 1690. The van der Waals surface area contributed by atoms with E-state index >= 15 is 0 Å². The Labute approximate surface area is 367 Å². The molecule has 0 aliphatic carbocycles. The number of amides is 2. The number of esters is 1. The average molecular weight is 933 g/mol. The molecule has 3 atom stereocenters. The number of aromatic hydroxyl groups is 1. The summed E-state index contributed by atoms with van der Waals surface area (Å²) in [5, 5.41) is 54.0. The van der Waals surface area contributed by atoms with Crippen LogP contribution in [0.25, 0.3) is 0 Å². The van der Waals surface area contributed by atoms with E-state index in [4.69, 9.17) is 45.0 Å². The Morgan fingerprint density at radius 2 is 1.46 bits per heavy atom. The van der Waals surface area contributed by atoms with E-state index in [1.165, 1.54) is 6.07 Å². The number of carbonyl (C=O) groups is 2. The highest BCUT2D eigenvalue weighted by Crippen LogP contribution is 2.29. The van der Waals surface area contributed by atoms with Crippen molar-refractivity contribution in [1.29, 1.82) is 0 Å². The third kappa shape index (κ3) is 23.3. The second-order valence-electron chi connectivity index (χ2n) is 13.3. The van der Waals surface area contributed by atoms with Crippen LogP contribution in [0.1, 0.15) is 44.1 Å². The fraction of sp³-hybridized carbons (Fsp3) is 0.579. The molecule has 0 spiro atoms. The summed E-state index contributed by atoms with van der Waals surface area (Å²) >= 11 is 0. The maximum absolute atomic E-state index is 13.5. The van der Waals surface area contributed by atoms with Crippen molar-refractivity contribution in [3.05, 3.63) is 52.8 Å². The SMILES string of the molecule is Cc1cc(NC(=O)NCCCC/C(C=NCCOCCOCCOCCOCCC(=O)Oc2c(F)c(F)c(F)c(F)c2F)=N/N)ccc1O.OC1COC(CCN(O)O)CC1O.S. The quantitative estimate of drug-likeness (QED) is 0.00643. The smallest absolute Gasteiger partial charge is 0.319 e. The Balaban J connectivity index is 0.00000121. The number of aryl methyl sites for hydroxylation is 1. The number of anilines is 1. The third-order valence-electron chi connectivity index (χ3n) is 8.43. The average Bonchev–Trinajstić information content (AvgIpc) is 3.24. The molecular formula is C38H57F5N6O13S. The molecular weight excluding hydrogens is 876 g/mol. The number of nitrogens with zero attached hydrogens (tertiary/aromatic N) is 3. The molecule has 19 nitrogen and oxygen atoms in total. The summed E-state index contributed by atoms with van der Waals surface area (Å²) in [6, 6.07) is 4.46. The van der Waals surface area contributed by atoms with Crippen molar-refractivity contribution in [3.63, 3.8) is 0 Å². The van der Waals surface area contributed by atoms with Gasteiger partial charge in [-0.15, -0.1) is 0 Å². The number of ether oxygens (including phenoxy) is 6. The predicted octanol–water partition coefficient (Wildman–Crippen LogP) is 3.22. The lowest BCUT2D eigenvalue weighted by atomic mass is 10.0. The predicted molar refractivity (Wildman–Crippen MR) is 220 cm³/mol. The lowest BCUT2D eigenvalue weighted by Crippen LogP contribution is -2.42. The van der Waals surface area contributed by atoms with Crippen molar-refractivity contribution in [3.8, 4) is 11.5 Å². The van der Waals surface area contributed by atoms with Gasteiger partial charge in [-0.2, -0.15) is 27.4 Å². The number of unbranched alkanes of at least 4 members (excludes halogenated alkanes) is 1. The van der Waals surface area contributed by atoms with Gasteiger partial charge in [0.15, 0.2) is 0 Å². The number of hydroxylamine groups is 2. The van der Waals surface area contributed by atoms with Gasteiger partial charge in [0.25, 0.3) is 0 Å². The van der Waals surface area contributed by atoms with E-state index in [0.717, 1.165) is 6.42 Å². The molecule has 2 aromatic rings. The van der Waals surface area contributed by atoms with Gasteiger partial charge in [0, 0.05) is 24.9 Å². The number of benzene rings is 2. The zero-order valence-electron chi connectivity index (χ0n) is 34.6. The number of aliphatic imine (C=N–C) groups is 1. The molecule has 1 heterocycles. The Morgan fingerprint density at radius 1 is 0.873 bits per heavy atom. The van der Waals surface area contributed by atoms with Crippen LogP contribution in [0.4, 0.5) is 32.4 Å². The van der Waals surface area contributed by atoms with E-state index in [0.29, 0.717) is 75.6 Å². The summed E-state index contributed by atoms with van der Waals surface area (Å²) in [7, 11) is 0. The van der Waals surface area contributed by atoms with Gasteiger partial charge in [0.2, 0.25) is 34.8 Å². The van der Waals surface area contributed by atoms with Gasteiger partial charge in [-0.25, -0.2) is 18.0 Å². The number of nitrogens with one attached hydrogen (secondary N) is 2. The minimum atomic E-state index is -2.36. The summed E-state index contributed by atoms with van der Waals surface area (Å²) in [5.41, 5.74) is 1.86. The van der Waals surface area contributed by atoms with Crippen LogP contribution < -0.4 is 21.2 Å². The second kappa shape index (κ2) is 32.4. The zero-order chi connectivity index (χ0) is 45.9. The van der Waals surface area contributed by atoms with Crippen molar-refractivity contribution in [2.45, 2.75) is 63.8 Å². The number of carbonyl (C=O) groups excluding carboxylic acids is 2. The standard InChI is InChI=1S/C31H40F5N5O8.C7H15NO5.H2S/c1-20-18-21(5-6-23(20)42)40-31(44)39-8-3-2-4-22(41-37)19-38-9-11-46-13-15-48-17-16-47-14-12-45-10-7-24(43)49-30-28(35)26(33)25(32)27(34)29(30)36;9-6-3-5(1-2-8(11)12)13-4-7(6)10;/h5-6,18-19,42H,2-4,7-17,37H2,1H3,(H2,39,40,44);5-7,9-12H,1-4H2;1H2/b38-19?,41-22-;;. The second-order valence-corrected chi connectivity index (χ2v) is 13.3. The minimum Gasteiger partial charge on any atom is -0.508 e. The highest BCUT2D eigenvalue weighted by atomic mass is 32.1. The molecule has 2 amide bonds. The molecule has 63 heavy (non-hydrogen) atoms. The van der Waals surface area contributed by atoms with Crippen molar-refractivity contribution in [1.82, 2.24) is 10.5 Å². The Hall–Kier alpha value is -4.28. The van der Waals surface area contributed by atoms with Crippen LogP contribution in [-0.2, 0) is 28.5 Å². The number of hydrazone groups is 1. The molecule has 3 unspecified atom stereocenters. The van der Waals surface area contributed by atoms with E-state index in [1.807, 2.05) is 0 Å². The van der Waals surface area contributed by atoms with Gasteiger partial charge in [0.1, 0.15) is 11.9 Å². The first-order chi connectivity index (χ1) is 29.6. The first-order valence-corrected chi connectivity index (χ1v) is 19.4. The molecule has 1 fully saturated rings. The lowest BCUT2D eigenvalue weighted by molar-refractivity contribution is -0.309. The van der Waals surface area contributed by atoms with E-state index in [9.17, 15) is 41.8 Å². The molecule has 1 aliphatic rings. The van der Waals surface area contributed by atoms with Crippen molar-refractivity contribution in [2.75, 3.05) is 84.4 Å². The first kappa shape index (κ1) is 56.7. The summed E-state index contributed by atoms with van der Waals surface area (Å²) in [5.74, 6) is -8.61. The zero-order valence-corrected chi connectivity index (χ0v) is 35.6. The van der Waals surface area contributed by atoms with Crippen LogP contribution in [0.3, 0.4) is 0 Å². The van der Waals surface area contributed by atoms with Crippen molar-refractivity contribution in [2.24, 2.45) is 15.9 Å². The summed E-state index contributed by atoms with van der Waals surface area (Å²) in [6.07, 6.45) is 2.05. The normalized spacial score (nSPS) is 16.4. The molecule has 25 heteroatoms. The molecule has 0 saturated carbocycles. The summed E-state index contributed by atoms with van der Waals surface area (Å²) in [6.45, 7) is 4.29.